The number of hydrogen-bond donors (Lipinski definition) is 0. The molecule has 0 saturated heterocycles. The first-order valence-corrected chi connectivity index (χ1v) is 8.53. The summed E-state index contributed by atoms with van der Waals surface area (Å²) in [4.78, 5) is 0. The summed E-state index contributed by atoms with van der Waals surface area (Å²) >= 11 is 5.53. The molecule has 0 radical (unpaired) electrons. The van der Waals surface area contributed by atoms with E-state index in [1.165, 1.54) is 6.08 Å². The number of rotatable bonds is 12. The predicted octanol–water partition coefficient (Wildman–Crippen LogP) is 5.40. The first-order chi connectivity index (χ1) is 9.11. The summed E-state index contributed by atoms with van der Waals surface area (Å²) in [5.41, 5.74) is 1.15. The summed E-state index contributed by atoms with van der Waals surface area (Å²) in [6.07, 6.45) is 5.97. The molecule has 0 saturated carbocycles. The Morgan fingerprint density at radius 1 is 1.16 bits per heavy atom. The summed E-state index contributed by atoms with van der Waals surface area (Å²) in [5, 5.41) is 0. The van der Waals surface area contributed by atoms with Gasteiger partial charge in [0.1, 0.15) is 5.76 Å². The molecule has 0 heterocycles. The van der Waals surface area contributed by atoms with Crippen LogP contribution in [-0.4, -0.2) is 13.2 Å². The Balaban J connectivity index is 4.43. The zero-order valence-electron chi connectivity index (χ0n) is 11.8. The van der Waals surface area contributed by atoms with E-state index in [2.05, 4.69) is 13.5 Å². The second-order valence-corrected chi connectivity index (χ2v) is 5.79. The molecular formula is C13H24ClO4P. The first kappa shape index (κ1) is 18.7. The molecule has 0 aliphatic rings. The molecule has 1 unspecified atom stereocenters. The van der Waals surface area contributed by atoms with Crippen LogP contribution in [0.4, 0.5) is 0 Å². The second kappa shape index (κ2) is 11.5. The zero-order valence-corrected chi connectivity index (χ0v) is 13.4. The third-order valence-electron chi connectivity index (χ3n) is 2.27. The lowest BCUT2D eigenvalue weighted by molar-refractivity contribution is 0.134. The van der Waals surface area contributed by atoms with Gasteiger partial charge in [-0.2, -0.15) is 0 Å². The maximum atomic E-state index is 12.4. The minimum absolute atomic E-state index is 0.178. The van der Waals surface area contributed by atoms with Gasteiger partial charge in [0.2, 0.25) is 0 Å². The molecular weight excluding hydrogens is 287 g/mol. The van der Waals surface area contributed by atoms with Crippen LogP contribution in [0.15, 0.2) is 23.9 Å². The third kappa shape index (κ3) is 9.28. The van der Waals surface area contributed by atoms with Crippen molar-refractivity contribution < 1.29 is 18.1 Å². The van der Waals surface area contributed by atoms with Gasteiger partial charge in [-0.1, -0.05) is 51.3 Å². The van der Waals surface area contributed by atoms with E-state index in [0.29, 0.717) is 13.2 Å². The molecule has 0 aromatic rings. The van der Waals surface area contributed by atoms with Crippen molar-refractivity contribution in [3.05, 3.63) is 23.9 Å². The molecule has 0 aromatic heterocycles. The minimum Gasteiger partial charge on any atom is -0.403 e. The number of unbranched alkanes of at least 4 members (excludes halogenated alkanes) is 3. The number of phosphoric acid groups is 1. The molecule has 4 nitrogen and oxygen atoms in total. The maximum Gasteiger partial charge on any atom is 0.530 e. The van der Waals surface area contributed by atoms with E-state index >= 15 is 0 Å². The molecule has 1 atom stereocenters. The van der Waals surface area contributed by atoms with E-state index in [1.807, 2.05) is 6.92 Å². The highest BCUT2D eigenvalue weighted by molar-refractivity contribution is 7.48. The summed E-state index contributed by atoms with van der Waals surface area (Å²) in [6.45, 7) is 8.28. The summed E-state index contributed by atoms with van der Waals surface area (Å²) in [5.74, 6) is 0.178. The van der Waals surface area contributed by atoms with Crippen LogP contribution in [0.2, 0.25) is 0 Å². The maximum absolute atomic E-state index is 12.4. The van der Waals surface area contributed by atoms with Crippen molar-refractivity contribution >= 4 is 19.4 Å². The van der Waals surface area contributed by atoms with Crippen molar-refractivity contribution in [2.45, 2.75) is 46.0 Å². The van der Waals surface area contributed by atoms with E-state index < -0.39 is 7.82 Å². The average Bonchev–Trinajstić information content (AvgIpc) is 2.41. The molecule has 0 amide bonds. The quantitative estimate of drug-likeness (QED) is 0.209. The highest BCUT2D eigenvalue weighted by Crippen LogP contribution is 2.51. The lowest BCUT2D eigenvalue weighted by atomic mass is 10.3. The molecule has 0 aromatic carbocycles. The van der Waals surface area contributed by atoms with Crippen LogP contribution in [0.1, 0.15) is 46.0 Å². The fourth-order valence-corrected chi connectivity index (χ4v) is 2.64. The lowest BCUT2D eigenvalue weighted by Crippen LogP contribution is -2.02. The topological polar surface area (TPSA) is 44.8 Å². The summed E-state index contributed by atoms with van der Waals surface area (Å²) in [6, 6.07) is 0. The first-order valence-electron chi connectivity index (χ1n) is 6.63. The summed E-state index contributed by atoms with van der Waals surface area (Å²) < 4.78 is 28.1. The van der Waals surface area contributed by atoms with Crippen molar-refractivity contribution in [3.63, 3.8) is 0 Å². The molecule has 0 spiro atoms. The van der Waals surface area contributed by atoms with Crippen molar-refractivity contribution in [2.24, 2.45) is 0 Å². The van der Waals surface area contributed by atoms with Gasteiger partial charge in [-0.05, 0) is 18.9 Å². The van der Waals surface area contributed by atoms with E-state index in [-0.39, 0.29) is 5.76 Å². The zero-order chi connectivity index (χ0) is 14.6. The van der Waals surface area contributed by atoms with Crippen LogP contribution in [0.3, 0.4) is 0 Å². The van der Waals surface area contributed by atoms with E-state index in [4.69, 9.17) is 25.2 Å². The molecule has 0 fully saturated rings. The standard InChI is InChI=1S/C13H24ClO4P/c1-4-7-9-11-17-19(15,16-10-8-5-2)18-13(6-3)12-14/h6,12H,3-5,7-11H2,1-2H3/b13-12-. The molecule has 0 rings (SSSR count). The van der Waals surface area contributed by atoms with E-state index in [1.54, 1.807) is 0 Å². The van der Waals surface area contributed by atoms with Crippen molar-refractivity contribution in [3.8, 4) is 0 Å². The van der Waals surface area contributed by atoms with Crippen LogP contribution in [0.25, 0.3) is 0 Å². The highest BCUT2D eigenvalue weighted by Gasteiger charge is 2.28. The van der Waals surface area contributed by atoms with Gasteiger partial charge in [-0.3, -0.25) is 9.05 Å². The van der Waals surface area contributed by atoms with Crippen LogP contribution < -0.4 is 0 Å². The number of halogens is 1. The number of hydrogen-bond acceptors (Lipinski definition) is 4. The Morgan fingerprint density at radius 3 is 2.21 bits per heavy atom. The van der Waals surface area contributed by atoms with Crippen LogP contribution in [0, 0.1) is 0 Å². The lowest BCUT2D eigenvalue weighted by Gasteiger charge is -2.18. The van der Waals surface area contributed by atoms with Crippen LogP contribution >= 0.6 is 19.4 Å². The van der Waals surface area contributed by atoms with Gasteiger partial charge in [0, 0.05) is 5.54 Å². The molecule has 0 bridgehead atoms. The van der Waals surface area contributed by atoms with Gasteiger partial charge in [0.25, 0.3) is 0 Å². The predicted molar refractivity (Wildman–Crippen MR) is 79.2 cm³/mol. The van der Waals surface area contributed by atoms with Crippen molar-refractivity contribution in [1.29, 1.82) is 0 Å². The fraction of sp³-hybridized carbons (Fsp3) is 0.692. The Morgan fingerprint density at radius 2 is 1.74 bits per heavy atom. The van der Waals surface area contributed by atoms with Crippen molar-refractivity contribution in [2.75, 3.05) is 13.2 Å². The third-order valence-corrected chi connectivity index (χ3v) is 3.92. The van der Waals surface area contributed by atoms with E-state index in [9.17, 15) is 4.57 Å². The highest BCUT2D eigenvalue weighted by atomic mass is 35.5. The Bertz CT molecular complexity index is 318. The average molecular weight is 311 g/mol. The van der Waals surface area contributed by atoms with Gasteiger partial charge in [0.15, 0.2) is 0 Å². The molecule has 112 valence electrons. The Hall–Kier alpha value is -0.280. The van der Waals surface area contributed by atoms with Crippen molar-refractivity contribution in [1.82, 2.24) is 0 Å². The molecule has 6 heteroatoms. The normalized spacial score (nSPS) is 15.0. The van der Waals surface area contributed by atoms with Crippen LogP contribution in [0.5, 0.6) is 0 Å². The molecule has 0 aliphatic carbocycles. The van der Waals surface area contributed by atoms with Gasteiger partial charge in [-0.15, -0.1) is 0 Å². The fourth-order valence-electron chi connectivity index (χ4n) is 1.17. The summed E-state index contributed by atoms with van der Waals surface area (Å²) in [7, 11) is -3.60. The van der Waals surface area contributed by atoms with Crippen LogP contribution in [-0.2, 0) is 18.1 Å². The Kier molecular flexibility index (Phi) is 11.4. The van der Waals surface area contributed by atoms with Gasteiger partial charge in [-0.25, -0.2) is 4.57 Å². The van der Waals surface area contributed by atoms with Gasteiger partial charge in [0.05, 0.1) is 13.2 Å². The smallest absolute Gasteiger partial charge is 0.403 e. The van der Waals surface area contributed by atoms with Gasteiger partial charge < -0.3 is 4.52 Å². The monoisotopic (exact) mass is 310 g/mol. The minimum atomic E-state index is -3.60. The van der Waals surface area contributed by atoms with E-state index in [0.717, 1.165) is 37.6 Å². The molecule has 19 heavy (non-hydrogen) atoms. The SMILES string of the molecule is C=C/C(=C/Cl)OP(=O)(OCCCC)OCCCCC. The van der Waals surface area contributed by atoms with Gasteiger partial charge >= 0.3 is 7.82 Å². The molecule has 0 N–H and O–H groups in total. The number of allylic oxidation sites excluding steroid dienone is 1. The number of phosphoric ester groups is 1. The Labute approximate surface area is 121 Å². The second-order valence-electron chi connectivity index (χ2n) is 3.98. The largest absolute Gasteiger partial charge is 0.530 e. The molecule has 0 aliphatic heterocycles.